The lowest BCUT2D eigenvalue weighted by Crippen LogP contribution is -2.53. The van der Waals surface area contributed by atoms with Crippen LogP contribution in [0.4, 0.5) is 0 Å². The Morgan fingerprint density at radius 1 is 1.00 bits per heavy atom. The van der Waals surface area contributed by atoms with Crippen LogP contribution < -0.4 is 0 Å². The van der Waals surface area contributed by atoms with Crippen LogP contribution in [-0.2, 0) is 19.9 Å². The van der Waals surface area contributed by atoms with Crippen molar-refractivity contribution >= 4 is 11.9 Å². The molecule has 7 nitrogen and oxygen atoms in total. The zero-order chi connectivity index (χ0) is 22.3. The highest BCUT2D eigenvalue weighted by Gasteiger charge is 2.42. The van der Waals surface area contributed by atoms with E-state index in [2.05, 4.69) is 17.0 Å². The highest BCUT2D eigenvalue weighted by atomic mass is 16.5. The third kappa shape index (κ3) is 6.38. The number of carbonyl (C=O) groups is 2. The summed E-state index contributed by atoms with van der Waals surface area (Å²) in [6, 6.07) is 10.2. The van der Waals surface area contributed by atoms with Crippen molar-refractivity contribution in [1.82, 2.24) is 4.90 Å². The topological polar surface area (TPSA) is 107 Å². The minimum Gasteiger partial charge on any atom is -0.478 e. The molecule has 0 aromatic heterocycles. The molecule has 170 valence electrons. The van der Waals surface area contributed by atoms with Gasteiger partial charge in [0, 0.05) is 18.7 Å². The summed E-state index contributed by atoms with van der Waals surface area (Å²) in [5.41, 5.74) is 0.220. The molecular weight excluding hydrogens is 398 g/mol. The molecule has 5 rings (SSSR count). The molecule has 3 heterocycles. The second-order valence-corrected chi connectivity index (χ2v) is 8.77. The zero-order valence-corrected chi connectivity index (χ0v) is 17.9. The highest BCUT2D eigenvalue weighted by Crippen LogP contribution is 2.41. The van der Waals surface area contributed by atoms with Gasteiger partial charge in [0.1, 0.15) is 5.60 Å². The number of fused-ring (bicyclic) bond motifs is 3. The van der Waals surface area contributed by atoms with Gasteiger partial charge in [0.15, 0.2) is 0 Å². The zero-order valence-electron chi connectivity index (χ0n) is 17.9. The minimum atomic E-state index is -1.26. The Morgan fingerprint density at radius 3 is 2.06 bits per heavy atom. The standard InChI is InChI=1S/C20H29NO2.C4H4O4/c22-20(18-8-4-5-9-18,17-6-2-1-3-7-17)15-23-19-14-21-12-10-16(19)11-13-21;5-3(6)1-2-4(7)8/h1-3,6-7,16,18-19,22H,4-5,8-15H2;1-2H,(H,5,6)(H,7,8)/b;2-1+/t19-,20-;/m0./s1. The molecule has 0 spiro atoms. The fourth-order valence-corrected chi connectivity index (χ4v) is 5.04. The molecule has 0 amide bonds. The number of benzene rings is 1. The molecule has 3 saturated heterocycles. The van der Waals surface area contributed by atoms with E-state index in [1.165, 1.54) is 38.8 Å². The summed E-state index contributed by atoms with van der Waals surface area (Å²) in [6.07, 6.45) is 8.66. The molecule has 2 bridgehead atoms. The van der Waals surface area contributed by atoms with E-state index >= 15 is 0 Å². The Kier molecular flexibility index (Phi) is 8.23. The molecule has 3 aliphatic heterocycles. The summed E-state index contributed by atoms with van der Waals surface area (Å²) < 4.78 is 6.36. The second-order valence-electron chi connectivity index (χ2n) is 8.77. The van der Waals surface area contributed by atoms with Gasteiger partial charge in [0.05, 0.1) is 12.7 Å². The predicted octanol–water partition coefficient (Wildman–Crippen LogP) is 2.89. The molecule has 0 unspecified atom stereocenters. The molecule has 1 aromatic rings. The van der Waals surface area contributed by atoms with Gasteiger partial charge in [0.25, 0.3) is 0 Å². The summed E-state index contributed by atoms with van der Waals surface area (Å²) in [4.78, 5) is 21.6. The molecule has 2 atom stereocenters. The summed E-state index contributed by atoms with van der Waals surface area (Å²) in [6.45, 7) is 3.98. The van der Waals surface area contributed by atoms with E-state index in [-0.39, 0.29) is 0 Å². The normalized spacial score (nSPS) is 27.5. The third-order valence-corrected chi connectivity index (χ3v) is 6.79. The van der Waals surface area contributed by atoms with Gasteiger partial charge in [-0.1, -0.05) is 43.2 Å². The average molecular weight is 432 g/mol. The second kappa shape index (κ2) is 10.9. The maximum Gasteiger partial charge on any atom is 0.328 e. The van der Waals surface area contributed by atoms with Gasteiger partial charge < -0.3 is 25.0 Å². The van der Waals surface area contributed by atoms with Crippen LogP contribution in [0.2, 0.25) is 0 Å². The number of aliphatic hydroxyl groups is 1. The Bertz CT molecular complexity index is 737. The number of carboxylic acids is 2. The van der Waals surface area contributed by atoms with Crippen molar-refractivity contribution in [3.8, 4) is 0 Å². The van der Waals surface area contributed by atoms with E-state index in [0.29, 0.717) is 36.7 Å². The number of rotatable bonds is 7. The first-order chi connectivity index (χ1) is 14.9. The van der Waals surface area contributed by atoms with E-state index in [0.717, 1.165) is 24.9 Å². The highest BCUT2D eigenvalue weighted by molar-refractivity contribution is 5.89. The van der Waals surface area contributed by atoms with Crippen LogP contribution in [-0.4, -0.2) is 64.5 Å². The molecule has 0 radical (unpaired) electrons. The van der Waals surface area contributed by atoms with E-state index in [9.17, 15) is 14.7 Å². The molecule has 1 saturated carbocycles. The van der Waals surface area contributed by atoms with Crippen molar-refractivity contribution in [1.29, 1.82) is 0 Å². The number of hydrogen-bond donors (Lipinski definition) is 3. The predicted molar refractivity (Wildman–Crippen MR) is 116 cm³/mol. The molecule has 1 aliphatic carbocycles. The lowest BCUT2D eigenvalue weighted by Gasteiger charge is -2.46. The van der Waals surface area contributed by atoms with Crippen LogP contribution in [0.1, 0.15) is 44.1 Å². The van der Waals surface area contributed by atoms with Gasteiger partial charge in [-0.25, -0.2) is 9.59 Å². The maximum absolute atomic E-state index is 11.5. The van der Waals surface area contributed by atoms with Crippen LogP contribution in [0.5, 0.6) is 0 Å². The number of nitrogens with zero attached hydrogens (tertiary/aromatic N) is 1. The summed E-state index contributed by atoms with van der Waals surface area (Å²) in [5, 5.41) is 27.2. The lowest BCUT2D eigenvalue weighted by molar-refractivity contribution is -0.143. The summed E-state index contributed by atoms with van der Waals surface area (Å²) in [7, 11) is 0. The van der Waals surface area contributed by atoms with Crippen LogP contribution >= 0.6 is 0 Å². The Hall–Kier alpha value is -2.22. The van der Waals surface area contributed by atoms with Gasteiger partial charge in [-0.3, -0.25) is 0 Å². The van der Waals surface area contributed by atoms with Crippen LogP contribution in [0.25, 0.3) is 0 Å². The van der Waals surface area contributed by atoms with Gasteiger partial charge >= 0.3 is 11.9 Å². The summed E-state index contributed by atoms with van der Waals surface area (Å²) >= 11 is 0. The summed E-state index contributed by atoms with van der Waals surface area (Å²) in [5.74, 6) is -1.48. The molecule has 1 aromatic carbocycles. The van der Waals surface area contributed by atoms with E-state index in [4.69, 9.17) is 14.9 Å². The smallest absolute Gasteiger partial charge is 0.328 e. The molecular formula is C24H33NO6. The van der Waals surface area contributed by atoms with Gasteiger partial charge in [-0.2, -0.15) is 0 Å². The molecule has 7 heteroatoms. The van der Waals surface area contributed by atoms with E-state index in [1.807, 2.05) is 18.2 Å². The largest absolute Gasteiger partial charge is 0.478 e. The minimum absolute atomic E-state index is 0.314. The Labute approximate surface area is 183 Å². The number of piperidine rings is 3. The number of ether oxygens (including phenoxy) is 1. The molecule has 4 fully saturated rings. The fraction of sp³-hybridized carbons (Fsp3) is 0.583. The van der Waals surface area contributed by atoms with Gasteiger partial charge in [0.2, 0.25) is 0 Å². The van der Waals surface area contributed by atoms with Crippen molar-refractivity contribution < 1.29 is 29.6 Å². The van der Waals surface area contributed by atoms with E-state index < -0.39 is 17.5 Å². The Morgan fingerprint density at radius 2 is 1.58 bits per heavy atom. The van der Waals surface area contributed by atoms with Gasteiger partial charge in [-0.15, -0.1) is 0 Å². The van der Waals surface area contributed by atoms with E-state index in [1.54, 1.807) is 0 Å². The van der Waals surface area contributed by atoms with Crippen molar-refractivity contribution in [2.24, 2.45) is 11.8 Å². The SMILES string of the molecule is O=C(O)/C=C/C(=O)O.O[C@@](CO[C@H]1CN2CCC1CC2)(c1ccccc1)C1CCCC1. The van der Waals surface area contributed by atoms with Crippen molar-refractivity contribution in [3.63, 3.8) is 0 Å². The molecule has 3 N–H and O–H groups in total. The quantitative estimate of drug-likeness (QED) is 0.570. The number of hydrogen-bond acceptors (Lipinski definition) is 5. The average Bonchev–Trinajstić information content (AvgIpc) is 3.34. The molecule has 31 heavy (non-hydrogen) atoms. The number of aliphatic carboxylic acids is 2. The fourth-order valence-electron chi connectivity index (χ4n) is 5.04. The van der Waals surface area contributed by atoms with Crippen molar-refractivity contribution in [2.75, 3.05) is 26.2 Å². The van der Waals surface area contributed by atoms with Crippen LogP contribution in [0, 0.1) is 11.8 Å². The number of carboxylic acid groups (broad SMARTS) is 2. The first-order valence-electron chi connectivity index (χ1n) is 11.1. The lowest BCUT2D eigenvalue weighted by atomic mass is 9.80. The van der Waals surface area contributed by atoms with Crippen LogP contribution in [0.15, 0.2) is 42.5 Å². The first kappa shape index (κ1) is 23.4. The molecule has 4 aliphatic rings. The monoisotopic (exact) mass is 431 g/mol. The van der Waals surface area contributed by atoms with Gasteiger partial charge in [-0.05, 0) is 56.2 Å². The van der Waals surface area contributed by atoms with Crippen molar-refractivity contribution in [3.05, 3.63) is 48.0 Å². The Balaban J connectivity index is 0.000000293. The van der Waals surface area contributed by atoms with Crippen molar-refractivity contribution in [2.45, 2.75) is 50.2 Å². The maximum atomic E-state index is 11.5. The van der Waals surface area contributed by atoms with Crippen LogP contribution in [0.3, 0.4) is 0 Å². The first-order valence-corrected chi connectivity index (χ1v) is 11.1. The third-order valence-electron chi connectivity index (χ3n) is 6.79.